The third-order valence-corrected chi connectivity index (χ3v) is 2.95. The number of aromatic hydroxyl groups is 1. The van der Waals surface area contributed by atoms with Crippen LogP contribution in [0.2, 0.25) is 0 Å². The number of unbranched alkanes of at least 4 members (excludes halogenated alkanes) is 1. The van der Waals surface area contributed by atoms with Crippen LogP contribution in [0.5, 0.6) is 5.75 Å². The van der Waals surface area contributed by atoms with Gasteiger partial charge < -0.3 is 9.67 Å². The highest BCUT2D eigenvalue weighted by Crippen LogP contribution is 2.12. The fraction of sp³-hybridized carbons (Fsp3) is 0.267. The van der Waals surface area contributed by atoms with Crippen molar-refractivity contribution in [2.24, 2.45) is 0 Å². The molecule has 94 valence electrons. The van der Waals surface area contributed by atoms with Crippen molar-refractivity contribution < 1.29 is 5.11 Å². The summed E-state index contributed by atoms with van der Waals surface area (Å²) < 4.78 is 1.74. The van der Waals surface area contributed by atoms with Gasteiger partial charge in [0.1, 0.15) is 0 Å². The smallest absolute Gasteiger partial charge is 0.223 e. The minimum absolute atomic E-state index is 0.229. The number of hydrogen-bond donors (Lipinski definition) is 1. The molecule has 3 heteroatoms. The summed E-state index contributed by atoms with van der Waals surface area (Å²) in [5.41, 5.74) is 1.89. The highest BCUT2D eigenvalue weighted by atomic mass is 16.3. The van der Waals surface area contributed by atoms with Crippen LogP contribution >= 0.6 is 0 Å². The third kappa shape index (κ3) is 2.80. The number of pyridine rings is 1. The topological polar surface area (TPSA) is 42.2 Å². The van der Waals surface area contributed by atoms with E-state index < -0.39 is 0 Å². The molecule has 0 amide bonds. The van der Waals surface area contributed by atoms with E-state index in [1.165, 1.54) is 30.7 Å². The molecular weight excluding hydrogens is 226 g/mol. The van der Waals surface area contributed by atoms with Gasteiger partial charge in [0.05, 0.1) is 6.20 Å². The molecule has 0 aliphatic rings. The standard InChI is InChI=1S/C15H17NO2/c1-2-3-4-12-5-7-13(8-6-12)16-10-9-14(17)15(18)11-16/h5-11,18H,2-4H2,1H3. The number of hydrogen-bond acceptors (Lipinski definition) is 2. The molecule has 2 rings (SSSR count). The average Bonchev–Trinajstić information content (AvgIpc) is 2.40. The van der Waals surface area contributed by atoms with Crippen LogP contribution in [0.4, 0.5) is 0 Å². The van der Waals surface area contributed by atoms with Crippen LogP contribution in [0, 0.1) is 0 Å². The van der Waals surface area contributed by atoms with Crippen molar-refractivity contribution in [1.82, 2.24) is 4.57 Å². The van der Waals surface area contributed by atoms with Crippen molar-refractivity contribution in [2.75, 3.05) is 0 Å². The van der Waals surface area contributed by atoms with Crippen LogP contribution in [0.15, 0.2) is 47.5 Å². The lowest BCUT2D eigenvalue weighted by Gasteiger charge is -2.07. The summed E-state index contributed by atoms with van der Waals surface area (Å²) in [7, 11) is 0. The zero-order chi connectivity index (χ0) is 13.0. The SMILES string of the molecule is CCCCc1ccc(-n2ccc(=O)c(O)c2)cc1. The Balaban J connectivity index is 2.23. The van der Waals surface area contributed by atoms with Gasteiger partial charge in [0.25, 0.3) is 0 Å². The molecule has 1 aromatic heterocycles. The van der Waals surface area contributed by atoms with Gasteiger partial charge in [0, 0.05) is 18.0 Å². The lowest BCUT2D eigenvalue weighted by atomic mass is 10.1. The Morgan fingerprint density at radius 3 is 2.50 bits per heavy atom. The first-order chi connectivity index (χ1) is 8.70. The molecule has 2 aromatic rings. The molecule has 0 fully saturated rings. The molecule has 0 saturated carbocycles. The predicted molar refractivity (Wildman–Crippen MR) is 72.3 cm³/mol. The van der Waals surface area contributed by atoms with Gasteiger partial charge in [-0.05, 0) is 30.5 Å². The Morgan fingerprint density at radius 1 is 1.17 bits per heavy atom. The highest BCUT2D eigenvalue weighted by molar-refractivity contribution is 5.36. The average molecular weight is 243 g/mol. The van der Waals surface area contributed by atoms with Gasteiger partial charge in [-0.25, -0.2) is 0 Å². The van der Waals surface area contributed by atoms with Gasteiger partial charge in [0.15, 0.2) is 5.75 Å². The zero-order valence-electron chi connectivity index (χ0n) is 10.5. The van der Waals surface area contributed by atoms with E-state index >= 15 is 0 Å². The number of nitrogens with zero attached hydrogens (tertiary/aromatic N) is 1. The molecule has 0 aliphatic heterocycles. The van der Waals surface area contributed by atoms with E-state index in [9.17, 15) is 9.90 Å². The van der Waals surface area contributed by atoms with Crippen molar-refractivity contribution in [1.29, 1.82) is 0 Å². The molecule has 1 heterocycles. The van der Waals surface area contributed by atoms with Crippen LogP contribution in [-0.4, -0.2) is 9.67 Å². The lowest BCUT2D eigenvalue weighted by molar-refractivity contribution is 0.465. The molecule has 0 spiro atoms. The second kappa shape index (κ2) is 5.54. The van der Waals surface area contributed by atoms with E-state index in [0.29, 0.717) is 0 Å². The van der Waals surface area contributed by atoms with Crippen molar-refractivity contribution in [3.8, 4) is 11.4 Å². The maximum absolute atomic E-state index is 11.1. The van der Waals surface area contributed by atoms with Crippen LogP contribution in [0.1, 0.15) is 25.3 Å². The molecule has 1 N–H and O–H groups in total. The van der Waals surface area contributed by atoms with Gasteiger partial charge in [-0.3, -0.25) is 4.79 Å². The normalized spacial score (nSPS) is 10.5. The summed E-state index contributed by atoms with van der Waals surface area (Å²) in [6.07, 6.45) is 6.56. The molecule has 0 atom stereocenters. The minimum Gasteiger partial charge on any atom is -0.503 e. The van der Waals surface area contributed by atoms with Gasteiger partial charge in [-0.15, -0.1) is 0 Å². The number of rotatable bonds is 4. The van der Waals surface area contributed by atoms with E-state index in [4.69, 9.17) is 0 Å². The minimum atomic E-state index is -0.356. The number of aromatic nitrogens is 1. The Labute approximate surface area is 106 Å². The summed E-state index contributed by atoms with van der Waals surface area (Å²) in [6, 6.07) is 9.52. The summed E-state index contributed by atoms with van der Waals surface area (Å²) in [6.45, 7) is 2.18. The number of benzene rings is 1. The van der Waals surface area contributed by atoms with Gasteiger partial charge in [0.2, 0.25) is 5.43 Å². The van der Waals surface area contributed by atoms with E-state index in [1.807, 2.05) is 12.1 Å². The third-order valence-electron chi connectivity index (χ3n) is 2.95. The Morgan fingerprint density at radius 2 is 1.89 bits per heavy atom. The van der Waals surface area contributed by atoms with Crippen LogP contribution in [-0.2, 0) is 6.42 Å². The summed E-state index contributed by atoms with van der Waals surface area (Å²) in [4.78, 5) is 11.1. The second-order valence-electron chi connectivity index (χ2n) is 4.37. The van der Waals surface area contributed by atoms with E-state index in [0.717, 1.165) is 12.1 Å². The van der Waals surface area contributed by atoms with Gasteiger partial charge in [-0.2, -0.15) is 0 Å². The summed E-state index contributed by atoms with van der Waals surface area (Å²) in [5, 5.41) is 9.40. The van der Waals surface area contributed by atoms with Crippen LogP contribution < -0.4 is 5.43 Å². The lowest BCUT2D eigenvalue weighted by Crippen LogP contribution is -2.03. The maximum Gasteiger partial charge on any atom is 0.223 e. The highest BCUT2D eigenvalue weighted by Gasteiger charge is 2.00. The fourth-order valence-corrected chi connectivity index (χ4v) is 1.85. The molecule has 1 aromatic carbocycles. The molecule has 0 bridgehead atoms. The first-order valence-electron chi connectivity index (χ1n) is 6.21. The van der Waals surface area contributed by atoms with Crippen molar-refractivity contribution in [3.05, 3.63) is 58.5 Å². The van der Waals surface area contributed by atoms with Crippen molar-refractivity contribution >= 4 is 0 Å². The molecule has 0 aliphatic carbocycles. The predicted octanol–water partition coefficient (Wildman–Crippen LogP) is 2.89. The molecule has 18 heavy (non-hydrogen) atoms. The molecular formula is C15H17NO2. The monoisotopic (exact) mass is 243 g/mol. The summed E-state index contributed by atoms with van der Waals surface area (Å²) >= 11 is 0. The van der Waals surface area contributed by atoms with Crippen molar-refractivity contribution in [3.63, 3.8) is 0 Å². The summed E-state index contributed by atoms with van der Waals surface area (Å²) in [5.74, 6) is -0.229. The maximum atomic E-state index is 11.1. The van der Waals surface area contributed by atoms with Gasteiger partial charge in [-0.1, -0.05) is 25.5 Å². The van der Waals surface area contributed by atoms with E-state index in [2.05, 4.69) is 19.1 Å². The fourth-order valence-electron chi connectivity index (χ4n) is 1.85. The van der Waals surface area contributed by atoms with Crippen LogP contribution in [0.25, 0.3) is 5.69 Å². The molecule has 3 nitrogen and oxygen atoms in total. The first-order valence-corrected chi connectivity index (χ1v) is 6.21. The van der Waals surface area contributed by atoms with E-state index in [1.54, 1.807) is 10.8 Å². The zero-order valence-corrected chi connectivity index (χ0v) is 10.5. The number of aryl methyl sites for hydroxylation is 1. The Kier molecular flexibility index (Phi) is 3.82. The van der Waals surface area contributed by atoms with E-state index in [-0.39, 0.29) is 11.2 Å². The Hall–Kier alpha value is -2.03. The molecule has 0 radical (unpaired) electrons. The van der Waals surface area contributed by atoms with Crippen LogP contribution in [0.3, 0.4) is 0 Å². The molecule has 0 unspecified atom stereocenters. The first kappa shape index (κ1) is 12.4. The molecule has 0 saturated heterocycles. The quantitative estimate of drug-likeness (QED) is 0.897. The van der Waals surface area contributed by atoms with Crippen molar-refractivity contribution in [2.45, 2.75) is 26.2 Å². The van der Waals surface area contributed by atoms with Gasteiger partial charge >= 0.3 is 0 Å². The second-order valence-corrected chi connectivity index (χ2v) is 4.37. The largest absolute Gasteiger partial charge is 0.503 e. The Bertz CT molecular complexity index is 570.